The monoisotopic (exact) mass is 217 g/mol. The fourth-order valence-electron chi connectivity index (χ4n) is 1.59. The van der Waals surface area contributed by atoms with E-state index in [1.807, 2.05) is 0 Å². The molecule has 0 spiro atoms. The predicted molar refractivity (Wildman–Crippen MR) is 48.0 cm³/mol. The van der Waals surface area contributed by atoms with Gasteiger partial charge in [0.1, 0.15) is 5.82 Å². The van der Waals surface area contributed by atoms with Crippen LogP contribution in [0.15, 0.2) is 24.3 Å². The van der Waals surface area contributed by atoms with E-state index in [9.17, 15) is 13.2 Å². The van der Waals surface area contributed by atoms with Gasteiger partial charge in [0.15, 0.2) is 5.60 Å². The van der Waals surface area contributed by atoms with Gasteiger partial charge in [0, 0.05) is 5.56 Å². The molecule has 1 saturated heterocycles. The number of nitrogens with two attached hydrogens (primary N) is 1. The molecule has 1 aliphatic rings. The third kappa shape index (κ3) is 1.42. The van der Waals surface area contributed by atoms with E-state index in [0.717, 1.165) is 6.07 Å². The van der Waals surface area contributed by atoms with E-state index >= 15 is 0 Å². The van der Waals surface area contributed by atoms with Gasteiger partial charge in [-0.15, -0.1) is 0 Å². The highest BCUT2D eigenvalue weighted by Gasteiger charge is 2.65. The molecule has 0 radical (unpaired) electrons. The fourth-order valence-corrected chi connectivity index (χ4v) is 1.59. The Hall–Kier alpha value is -1.07. The Morgan fingerprint density at radius 1 is 1.40 bits per heavy atom. The lowest BCUT2D eigenvalue weighted by atomic mass is 9.92. The van der Waals surface area contributed by atoms with Crippen molar-refractivity contribution >= 4 is 0 Å². The van der Waals surface area contributed by atoms with E-state index in [-0.39, 0.29) is 12.2 Å². The van der Waals surface area contributed by atoms with Gasteiger partial charge in [-0.1, -0.05) is 18.2 Å². The summed E-state index contributed by atoms with van der Waals surface area (Å²) < 4.78 is 45.0. The standard InChI is InChI=1S/C10H10F3NO/c11-8-4-2-1-3-7(8)9(6-15-9)10(12,13)5-14/h1-4H,5-6,14H2. The topological polar surface area (TPSA) is 38.5 Å². The summed E-state index contributed by atoms with van der Waals surface area (Å²) in [4.78, 5) is 0. The van der Waals surface area contributed by atoms with E-state index in [0.29, 0.717) is 0 Å². The first-order valence-electron chi connectivity index (χ1n) is 4.50. The average Bonchev–Trinajstić information content (AvgIpc) is 3.00. The van der Waals surface area contributed by atoms with Gasteiger partial charge in [-0.3, -0.25) is 0 Å². The molecule has 2 N–H and O–H groups in total. The lowest BCUT2D eigenvalue weighted by Gasteiger charge is -2.22. The molecule has 1 heterocycles. The number of benzene rings is 1. The summed E-state index contributed by atoms with van der Waals surface area (Å²) in [5.74, 6) is -3.93. The molecule has 1 atom stereocenters. The van der Waals surface area contributed by atoms with Crippen LogP contribution in [0, 0.1) is 5.82 Å². The van der Waals surface area contributed by atoms with Crippen molar-refractivity contribution in [2.75, 3.05) is 13.2 Å². The Morgan fingerprint density at radius 3 is 2.47 bits per heavy atom. The predicted octanol–water partition coefficient (Wildman–Crippen LogP) is 1.65. The van der Waals surface area contributed by atoms with Gasteiger partial charge < -0.3 is 10.5 Å². The minimum atomic E-state index is -3.24. The molecule has 0 aliphatic carbocycles. The number of halogens is 3. The van der Waals surface area contributed by atoms with Gasteiger partial charge in [-0.2, -0.15) is 0 Å². The molecule has 1 aliphatic heterocycles. The minimum absolute atomic E-state index is 0.125. The van der Waals surface area contributed by atoms with Crippen LogP contribution in [0.3, 0.4) is 0 Å². The Bertz CT molecular complexity index is 377. The third-order valence-corrected chi connectivity index (χ3v) is 2.59. The van der Waals surface area contributed by atoms with Crippen LogP contribution < -0.4 is 5.73 Å². The zero-order valence-corrected chi connectivity index (χ0v) is 7.84. The lowest BCUT2D eigenvalue weighted by molar-refractivity contribution is -0.0706. The Balaban J connectivity index is 2.43. The lowest BCUT2D eigenvalue weighted by Crippen LogP contribution is -2.42. The zero-order chi connectivity index (χ0) is 11.1. The van der Waals surface area contributed by atoms with Crippen molar-refractivity contribution < 1.29 is 17.9 Å². The number of hydrogen-bond acceptors (Lipinski definition) is 2. The highest BCUT2D eigenvalue weighted by molar-refractivity contribution is 5.31. The molecule has 1 aromatic carbocycles. The van der Waals surface area contributed by atoms with Crippen LogP contribution in [-0.2, 0) is 10.3 Å². The summed E-state index contributed by atoms with van der Waals surface area (Å²) in [6.07, 6.45) is 0. The Morgan fingerprint density at radius 2 is 2.00 bits per heavy atom. The van der Waals surface area contributed by atoms with Gasteiger partial charge in [-0.05, 0) is 6.07 Å². The van der Waals surface area contributed by atoms with Crippen molar-refractivity contribution in [2.45, 2.75) is 11.5 Å². The van der Waals surface area contributed by atoms with E-state index in [4.69, 9.17) is 10.5 Å². The largest absolute Gasteiger partial charge is 0.358 e. The van der Waals surface area contributed by atoms with Crippen molar-refractivity contribution in [1.29, 1.82) is 0 Å². The van der Waals surface area contributed by atoms with Gasteiger partial charge in [0.2, 0.25) is 0 Å². The molecule has 1 unspecified atom stereocenters. The maximum absolute atomic E-state index is 13.4. The Kier molecular flexibility index (Phi) is 2.24. The normalized spacial score (nSPS) is 25.3. The third-order valence-electron chi connectivity index (χ3n) is 2.59. The molecular formula is C10H10F3NO. The SMILES string of the molecule is NCC(F)(F)C1(c2ccccc2F)CO1. The molecule has 0 bridgehead atoms. The van der Waals surface area contributed by atoms with Gasteiger partial charge in [0.25, 0.3) is 5.92 Å². The minimum Gasteiger partial charge on any atom is -0.358 e. The maximum Gasteiger partial charge on any atom is 0.294 e. The molecule has 0 aromatic heterocycles. The van der Waals surface area contributed by atoms with Crippen LogP contribution in [-0.4, -0.2) is 19.1 Å². The number of ether oxygens (including phenoxy) is 1. The summed E-state index contributed by atoms with van der Waals surface area (Å²) in [6.45, 7) is -1.06. The smallest absolute Gasteiger partial charge is 0.294 e. The van der Waals surface area contributed by atoms with Crippen LogP contribution in [0.25, 0.3) is 0 Å². The van der Waals surface area contributed by atoms with Crippen molar-refractivity contribution in [3.05, 3.63) is 35.6 Å². The van der Waals surface area contributed by atoms with E-state index < -0.39 is 23.9 Å². The summed E-state index contributed by atoms with van der Waals surface area (Å²) >= 11 is 0. The van der Waals surface area contributed by atoms with Gasteiger partial charge in [0.05, 0.1) is 13.2 Å². The number of hydrogen-bond donors (Lipinski definition) is 1. The highest BCUT2D eigenvalue weighted by atomic mass is 19.3. The zero-order valence-electron chi connectivity index (χ0n) is 7.84. The highest BCUT2D eigenvalue weighted by Crippen LogP contribution is 2.51. The molecule has 15 heavy (non-hydrogen) atoms. The second kappa shape index (κ2) is 3.21. The first-order valence-corrected chi connectivity index (χ1v) is 4.50. The van der Waals surface area contributed by atoms with Gasteiger partial charge in [-0.25, -0.2) is 13.2 Å². The molecule has 2 rings (SSSR count). The fraction of sp³-hybridized carbons (Fsp3) is 0.400. The second-order valence-corrected chi connectivity index (χ2v) is 3.50. The first-order chi connectivity index (χ1) is 7.03. The van der Waals surface area contributed by atoms with Crippen molar-refractivity contribution in [1.82, 2.24) is 0 Å². The van der Waals surface area contributed by atoms with Gasteiger partial charge >= 0.3 is 0 Å². The first kappa shape index (κ1) is 10.4. The quantitative estimate of drug-likeness (QED) is 0.782. The molecule has 1 aromatic rings. The van der Waals surface area contributed by atoms with Crippen LogP contribution >= 0.6 is 0 Å². The average molecular weight is 217 g/mol. The molecule has 1 fully saturated rings. The summed E-state index contributed by atoms with van der Waals surface area (Å²) in [6, 6.07) is 5.36. The van der Waals surface area contributed by atoms with Crippen LogP contribution in [0.1, 0.15) is 5.56 Å². The molecule has 0 saturated carbocycles. The number of epoxide rings is 1. The van der Waals surface area contributed by atoms with Crippen molar-refractivity contribution in [3.63, 3.8) is 0 Å². The molecule has 2 nitrogen and oxygen atoms in total. The second-order valence-electron chi connectivity index (χ2n) is 3.50. The van der Waals surface area contributed by atoms with Crippen LogP contribution in [0.2, 0.25) is 0 Å². The molecule has 82 valence electrons. The van der Waals surface area contributed by atoms with Crippen LogP contribution in [0.4, 0.5) is 13.2 Å². The van der Waals surface area contributed by atoms with Crippen LogP contribution in [0.5, 0.6) is 0 Å². The van der Waals surface area contributed by atoms with E-state index in [1.165, 1.54) is 18.2 Å². The maximum atomic E-state index is 13.4. The Labute approximate surface area is 84.8 Å². The molecule has 0 amide bonds. The van der Waals surface area contributed by atoms with E-state index in [2.05, 4.69) is 0 Å². The number of rotatable bonds is 3. The summed E-state index contributed by atoms with van der Waals surface area (Å²) in [5, 5.41) is 0. The molecule has 5 heteroatoms. The summed E-state index contributed by atoms with van der Waals surface area (Å²) in [5.41, 5.74) is 2.99. The van der Waals surface area contributed by atoms with E-state index in [1.54, 1.807) is 0 Å². The number of alkyl halides is 2. The summed E-state index contributed by atoms with van der Waals surface area (Å²) in [7, 11) is 0. The van der Waals surface area contributed by atoms with Crippen molar-refractivity contribution in [2.24, 2.45) is 5.73 Å². The molecular weight excluding hydrogens is 207 g/mol. The van der Waals surface area contributed by atoms with Crippen molar-refractivity contribution in [3.8, 4) is 0 Å².